The second-order valence-corrected chi connectivity index (χ2v) is 5.71. The molecule has 120 valence electrons. The van der Waals surface area contributed by atoms with Crippen LogP contribution in [0.4, 0.5) is 0 Å². The molecule has 0 aromatic heterocycles. The number of hydrogen-bond donors (Lipinski definition) is 1. The molecule has 0 spiro atoms. The largest absolute Gasteiger partial charge is 0.497 e. The lowest BCUT2D eigenvalue weighted by Crippen LogP contribution is -2.24. The monoisotopic (exact) mass is 396 g/mol. The van der Waals surface area contributed by atoms with E-state index in [2.05, 4.69) is 26.5 Å². The average molecular weight is 398 g/mol. The standard InChI is InChI=1S/C16H14BrClN2O3/c1-22-14-6-7-15(17)11(8-14)9-19-20-16(21)10-23-13-4-2-12(18)3-5-13/h2-9H,10H2,1H3,(H,20,21). The van der Waals surface area contributed by atoms with Gasteiger partial charge < -0.3 is 9.47 Å². The lowest BCUT2D eigenvalue weighted by molar-refractivity contribution is -0.123. The molecule has 0 saturated heterocycles. The van der Waals surface area contributed by atoms with Gasteiger partial charge in [-0.25, -0.2) is 5.43 Å². The van der Waals surface area contributed by atoms with Crippen LogP contribution in [0.5, 0.6) is 11.5 Å². The number of halogens is 2. The summed E-state index contributed by atoms with van der Waals surface area (Å²) in [5.74, 6) is 0.895. The Labute approximate surface area is 147 Å². The Balaban J connectivity index is 1.85. The van der Waals surface area contributed by atoms with Crippen LogP contribution in [0.15, 0.2) is 52.0 Å². The van der Waals surface area contributed by atoms with Crippen LogP contribution in [0.2, 0.25) is 5.02 Å². The normalized spacial score (nSPS) is 10.6. The van der Waals surface area contributed by atoms with Gasteiger partial charge in [-0.3, -0.25) is 4.79 Å². The van der Waals surface area contributed by atoms with Crippen molar-refractivity contribution in [2.45, 2.75) is 0 Å². The Kier molecular flexibility index (Phi) is 6.43. The van der Waals surface area contributed by atoms with Crippen LogP contribution in [-0.4, -0.2) is 25.8 Å². The number of rotatable bonds is 6. The van der Waals surface area contributed by atoms with Crippen molar-refractivity contribution in [2.75, 3.05) is 13.7 Å². The molecular formula is C16H14BrClN2O3. The molecule has 0 unspecified atom stereocenters. The highest BCUT2D eigenvalue weighted by molar-refractivity contribution is 9.10. The van der Waals surface area contributed by atoms with Crippen LogP contribution < -0.4 is 14.9 Å². The lowest BCUT2D eigenvalue weighted by atomic mass is 10.2. The van der Waals surface area contributed by atoms with E-state index in [1.165, 1.54) is 6.21 Å². The molecule has 7 heteroatoms. The maximum absolute atomic E-state index is 11.7. The topological polar surface area (TPSA) is 59.9 Å². The van der Waals surface area contributed by atoms with Crippen molar-refractivity contribution in [1.29, 1.82) is 0 Å². The molecule has 2 rings (SSSR count). The second-order valence-electron chi connectivity index (χ2n) is 4.42. The third-order valence-corrected chi connectivity index (χ3v) is 3.75. The highest BCUT2D eigenvalue weighted by Crippen LogP contribution is 2.20. The van der Waals surface area contributed by atoms with E-state index < -0.39 is 0 Å². The first-order valence-corrected chi connectivity index (χ1v) is 7.79. The molecule has 2 aromatic rings. The number of nitrogens with zero attached hydrogens (tertiary/aromatic N) is 1. The fourth-order valence-corrected chi connectivity index (χ4v) is 2.11. The maximum atomic E-state index is 11.7. The Morgan fingerprint density at radius 3 is 2.65 bits per heavy atom. The minimum atomic E-state index is -0.366. The molecule has 0 radical (unpaired) electrons. The molecule has 1 N–H and O–H groups in total. The number of ether oxygens (including phenoxy) is 2. The summed E-state index contributed by atoms with van der Waals surface area (Å²) in [7, 11) is 1.58. The van der Waals surface area contributed by atoms with E-state index in [4.69, 9.17) is 21.1 Å². The number of hydrogen-bond acceptors (Lipinski definition) is 4. The molecule has 5 nitrogen and oxygen atoms in total. The summed E-state index contributed by atoms with van der Waals surface area (Å²) in [6, 6.07) is 12.2. The fourth-order valence-electron chi connectivity index (χ4n) is 1.63. The molecule has 0 aliphatic heterocycles. The summed E-state index contributed by atoms with van der Waals surface area (Å²) in [6.07, 6.45) is 1.52. The van der Waals surface area contributed by atoms with Gasteiger partial charge >= 0.3 is 0 Å². The number of nitrogens with one attached hydrogen (secondary N) is 1. The van der Waals surface area contributed by atoms with Crippen LogP contribution in [0.25, 0.3) is 0 Å². The molecular weight excluding hydrogens is 384 g/mol. The first kappa shape index (κ1) is 17.3. The third kappa shape index (κ3) is 5.58. The van der Waals surface area contributed by atoms with Gasteiger partial charge in [0.05, 0.1) is 13.3 Å². The molecule has 0 saturated carbocycles. The van der Waals surface area contributed by atoms with Crippen LogP contribution in [0.1, 0.15) is 5.56 Å². The van der Waals surface area contributed by atoms with Crippen LogP contribution in [-0.2, 0) is 4.79 Å². The van der Waals surface area contributed by atoms with Crippen molar-refractivity contribution >= 4 is 39.7 Å². The van der Waals surface area contributed by atoms with Crippen molar-refractivity contribution in [3.63, 3.8) is 0 Å². The molecule has 0 atom stereocenters. The molecule has 0 heterocycles. The van der Waals surface area contributed by atoms with Gasteiger partial charge in [-0.2, -0.15) is 5.10 Å². The highest BCUT2D eigenvalue weighted by atomic mass is 79.9. The number of carbonyl (C=O) groups excluding carboxylic acids is 1. The predicted octanol–water partition coefficient (Wildman–Crippen LogP) is 3.64. The summed E-state index contributed by atoms with van der Waals surface area (Å²) in [5, 5.41) is 4.50. The summed E-state index contributed by atoms with van der Waals surface area (Å²) in [5.41, 5.74) is 3.18. The minimum absolute atomic E-state index is 0.141. The van der Waals surface area contributed by atoms with Crippen molar-refractivity contribution in [3.8, 4) is 11.5 Å². The summed E-state index contributed by atoms with van der Waals surface area (Å²) in [4.78, 5) is 11.7. The fraction of sp³-hybridized carbons (Fsp3) is 0.125. The van der Waals surface area contributed by atoms with E-state index in [0.29, 0.717) is 16.5 Å². The SMILES string of the molecule is COc1ccc(Br)c(C=NNC(=O)COc2ccc(Cl)cc2)c1. The van der Waals surface area contributed by atoms with Crippen molar-refractivity contribution in [1.82, 2.24) is 5.43 Å². The second kappa shape index (κ2) is 8.55. The number of methoxy groups -OCH3 is 1. The maximum Gasteiger partial charge on any atom is 0.277 e. The molecule has 0 aliphatic carbocycles. The van der Waals surface area contributed by atoms with Gasteiger partial charge in [0, 0.05) is 15.1 Å². The van der Waals surface area contributed by atoms with E-state index in [9.17, 15) is 4.79 Å². The Morgan fingerprint density at radius 1 is 1.26 bits per heavy atom. The van der Waals surface area contributed by atoms with Crippen LogP contribution >= 0.6 is 27.5 Å². The van der Waals surface area contributed by atoms with E-state index in [-0.39, 0.29) is 12.5 Å². The van der Waals surface area contributed by atoms with Gasteiger partial charge in [-0.05, 0) is 42.5 Å². The van der Waals surface area contributed by atoms with Gasteiger partial charge in [0.15, 0.2) is 6.61 Å². The molecule has 2 aromatic carbocycles. The lowest BCUT2D eigenvalue weighted by Gasteiger charge is -2.05. The van der Waals surface area contributed by atoms with Gasteiger partial charge in [-0.15, -0.1) is 0 Å². The first-order chi connectivity index (χ1) is 11.1. The van der Waals surface area contributed by atoms with Crippen molar-refractivity contribution in [2.24, 2.45) is 5.10 Å². The van der Waals surface area contributed by atoms with E-state index in [1.807, 2.05) is 12.1 Å². The Bertz CT molecular complexity index is 705. The molecule has 0 fully saturated rings. The van der Waals surface area contributed by atoms with Crippen LogP contribution in [0, 0.1) is 0 Å². The summed E-state index contributed by atoms with van der Waals surface area (Å²) < 4.78 is 11.3. The molecule has 23 heavy (non-hydrogen) atoms. The van der Waals surface area contributed by atoms with Crippen LogP contribution in [0.3, 0.4) is 0 Å². The smallest absolute Gasteiger partial charge is 0.277 e. The van der Waals surface area contributed by atoms with E-state index in [0.717, 1.165) is 10.0 Å². The summed E-state index contributed by atoms with van der Waals surface area (Å²) in [6.45, 7) is -0.141. The zero-order valence-electron chi connectivity index (χ0n) is 12.3. The zero-order valence-corrected chi connectivity index (χ0v) is 14.6. The predicted molar refractivity (Wildman–Crippen MR) is 93.4 cm³/mol. The molecule has 0 bridgehead atoms. The Morgan fingerprint density at radius 2 is 1.96 bits per heavy atom. The van der Waals surface area contributed by atoms with Crippen molar-refractivity contribution < 1.29 is 14.3 Å². The quantitative estimate of drug-likeness (QED) is 0.598. The third-order valence-electron chi connectivity index (χ3n) is 2.78. The summed E-state index contributed by atoms with van der Waals surface area (Å²) >= 11 is 9.17. The number of amides is 1. The van der Waals surface area contributed by atoms with Gasteiger partial charge in [0.2, 0.25) is 0 Å². The van der Waals surface area contributed by atoms with Gasteiger partial charge in [-0.1, -0.05) is 27.5 Å². The zero-order chi connectivity index (χ0) is 16.7. The van der Waals surface area contributed by atoms with E-state index >= 15 is 0 Å². The average Bonchev–Trinajstić information content (AvgIpc) is 2.56. The highest BCUT2D eigenvalue weighted by Gasteiger charge is 2.02. The first-order valence-electron chi connectivity index (χ1n) is 6.62. The molecule has 1 amide bonds. The number of hydrazone groups is 1. The van der Waals surface area contributed by atoms with E-state index in [1.54, 1.807) is 37.4 Å². The number of benzene rings is 2. The van der Waals surface area contributed by atoms with Gasteiger partial charge in [0.25, 0.3) is 5.91 Å². The van der Waals surface area contributed by atoms with Crippen molar-refractivity contribution in [3.05, 3.63) is 57.5 Å². The Hall–Kier alpha value is -2.05. The van der Waals surface area contributed by atoms with Gasteiger partial charge in [0.1, 0.15) is 11.5 Å². The molecule has 0 aliphatic rings. The minimum Gasteiger partial charge on any atom is -0.497 e. The number of carbonyl (C=O) groups is 1.